The Bertz CT molecular complexity index is 266. The highest BCUT2D eigenvalue weighted by atomic mass is 16.5. The Morgan fingerprint density at radius 1 is 1.04 bits per heavy atom. The highest BCUT2D eigenvalue weighted by Crippen LogP contribution is 2.16. The van der Waals surface area contributed by atoms with E-state index in [1.54, 1.807) is 0 Å². The summed E-state index contributed by atoms with van der Waals surface area (Å²) in [5.41, 5.74) is 0. The first-order valence-electron chi connectivity index (χ1n) is 9.68. The molecule has 0 aromatic rings. The van der Waals surface area contributed by atoms with E-state index in [4.69, 9.17) is 9.84 Å². The van der Waals surface area contributed by atoms with Gasteiger partial charge in [-0.2, -0.15) is 0 Å². The van der Waals surface area contributed by atoms with Gasteiger partial charge in [0.2, 0.25) is 5.91 Å². The minimum Gasteiger partial charge on any atom is -0.381 e. The summed E-state index contributed by atoms with van der Waals surface area (Å²) in [7, 11) is 0. The van der Waals surface area contributed by atoms with Crippen LogP contribution in [0.25, 0.3) is 0 Å². The van der Waals surface area contributed by atoms with E-state index >= 15 is 0 Å². The zero-order valence-corrected chi connectivity index (χ0v) is 16.5. The first-order valence-corrected chi connectivity index (χ1v) is 9.68. The molecule has 0 saturated carbocycles. The molecule has 2 N–H and O–H groups in total. The number of aliphatic hydroxyl groups excluding tert-OH is 1. The number of ether oxygens (including phenoxy) is 1. The van der Waals surface area contributed by atoms with Crippen molar-refractivity contribution in [3.05, 3.63) is 12.7 Å². The number of unbranched alkanes of at least 4 members (excludes halogenated alkanes) is 2. The van der Waals surface area contributed by atoms with Crippen molar-refractivity contribution in [2.24, 2.45) is 11.8 Å². The zero-order valence-electron chi connectivity index (χ0n) is 16.5. The molecule has 144 valence electrons. The van der Waals surface area contributed by atoms with E-state index in [2.05, 4.69) is 39.6 Å². The fraction of sp³-hybridized carbons (Fsp3) is 0.850. The maximum Gasteiger partial charge on any atom is 0.245 e. The van der Waals surface area contributed by atoms with Crippen LogP contribution in [0.15, 0.2) is 12.7 Å². The fourth-order valence-electron chi connectivity index (χ4n) is 2.35. The molecule has 4 heteroatoms. The smallest absolute Gasteiger partial charge is 0.245 e. The third-order valence-electron chi connectivity index (χ3n) is 4.23. The number of hydrogen-bond acceptors (Lipinski definition) is 3. The number of rotatable bonds is 14. The lowest BCUT2D eigenvalue weighted by Crippen LogP contribution is -2.20. The lowest BCUT2D eigenvalue weighted by atomic mass is 9.99. The molecule has 4 nitrogen and oxygen atoms in total. The maximum absolute atomic E-state index is 10.0. The summed E-state index contributed by atoms with van der Waals surface area (Å²) in [5, 5.41) is 10.1. The molecule has 0 fully saturated rings. The molecule has 0 bridgehead atoms. The van der Waals surface area contributed by atoms with E-state index in [-0.39, 0.29) is 12.6 Å². The van der Waals surface area contributed by atoms with Gasteiger partial charge in [0, 0.05) is 13.2 Å². The van der Waals surface area contributed by atoms with Gasteiger partial charge in [0.25, 0.3) is 0 Å². The quantitative estimate of drug-likeness (QED) is 0.356. The average molecular weight is 344 g/mol. The highest BCUT2D eigenvalue weighted by molar-refractivity contribution is 5.86. The molecule has 0 aliphatic heterocycles. The summed E-state index contributed by atoms with van der Waals surface area (Å²) in [6.07, 6.45) is 11.7. The minimum absolute atomic E-state index is 0.329. The van der Waals surface area contributed by atoms with Crippen molar-refractivity contribution >= 4 is 5.91 Å². The van der Waals surface area contributed by atoms with Gasteiger partial charge in [0.15, 0.2) is 0 Å². The Hall–Kier alpha value is -0.870. The van der Waals surface area contributed by atoms with Crippen LogP contribution < -0.4 is 5.32 Å². The van der Waals surface area contributed by atoms with Crippen molar-refractivity contribution in [1.82, 2.24) is 5.32 Å². The molecule has 0 aliphatic carbocycles. The molecule has 0 rings (SSSR count). The standard InChI is InChI=1S/C16H34O.C4H7NO2/c1-5-9-11-15(7-3)13-17-14-16(8-4)12-10-6-2;1-2-4(7)5-3-6/h15-16H,5-14H2,1-4H3;2,6H,1,3H2,(H,5,7). The lowest BCUT2D eigenvalue weighted by molar-refractivity contribution is -0.117. The second-order valence-electron chi connectivity index (χ2n) is 6.27. The van der Waals surface area contributed by atoms with E-state index in [1.165, 1.54) is 51.4 Å². The van der Waals surface area contributed by atoms with Crippen LogP contribution in [0.2, 0.25) is 0 Å². The summed E-state index contributed by atoms with van der Waals surface area (Å²) >= 11 is 0. The third-order valence-corrected chi connectivity index (χ3v) is 4.23. The van der Waals surface area contributed by atoms with Crippen LogP contribution in [0.4, 0.5) is 0 Å². The van der Waals surface area contributed by atoms with Gasteiger partial charge in [-0.3, -0.25) is 4.79 Å². The van der Waals surface area contributed by atoms with Crippen LogP contribution in [-0.4, -0.2) is 31.0 Å². The van der Waals surface area contributed by atoms with Gasteiger partial charge in [-0.1, -0.05) is 72.8 Å². The Labute approximate surface area is 150 Å². The van der Waals surface area contributed by atoms with Crippen molar-refractivity contribution in [3.8, 4) is 0 Å². The van der Waals surface area contributed by atoms with Crippen molar-refractivity contribution in [3.63, 3.8) is 0 Å². The van der Waals surface area contributed by atoms with Crippen LogP contribution in [0.5, 0.6) is 0 Å². The van der Waals surface area contributed by atoms with E-state index < -0.39 is 0 Å². The summed E-state index contributed by atoms with van der Waals surface area (Å²) in [5.74, 6) is 1.22. The highest BCUT2D eigenvalue weighted by Gasteiger charge is 2.09. The first kappa shape index (κ1) is 25.4. The summed E-state index contributed by atoms with van der Waals surface area (Å²) in [4.78, 5) is 10.0. The molecule has 2 unspecified atom stereocenters. The number of hydrogen-bond donors (Lipinski definition) is 2. The molecule has 0 spiro atoms. The van der Waals surface area contributed by atoms with Gasteiger partial charge in [0.05, 0.1) is 0 Å². The largest absolute Gasteiger partial charge is 0.381 e. The number of carbonyl (C=O) groups excluding carboxylic acids is 1. The van der Waals surface area contributed by atoms with Gasteiger partial charge in [-0.05, 0) is 30.8 Å². The van der Waals surface area contributed by atoms with E-state index in [1.807, 2.05) is 0 Å². The van der Waals surface area contributed by atoms with Gasteiger partial charge < -0.3 is 15.2 Å². The van der Waals surface area contributed by atoms with Gasteiger partial charge >= 0.3 is 0 Å². The normalized spacial score (nSPS) is 12.7. The average Bonchev–Trinajstić information content (AvgIpc) is 2.61. The Morgan fingerprint density at radius 2 is 1.50 bits per heavy atom. The SMILES string of the molecule is C=CC(=O)NCO.CCCCC(CC)COCC(CC)CCCC. The number of aliphatic hydroxyl groups is 1. The van der Waals surface area contributed by atoms with Gasteiger partial charge in [-0.25, -0.2) is 0 Å². The molecule has 0 heterocycles. The minimum atomic E-state index is -0.359. The van der Waals surface area contributed by atoms with Crippen molar-refractivity contribution < 1.29 is 14.6 Å². The third kappa shape index (κ3) is 17.5. The molecular formula is C20H41NO3. The molecular weight excluding hydrogens is 302 g/mol. The van der Waals surface area contributed by atoms with Crippen molar-refractivity contribution in [2.75, 3.05) is 19.9 Å². The number of carbonyl (C=O) groups is 1. The Kier molecular flexibility index (Phi) is 21.3. The first-order chi connectivity index (χ1) is 11.6. The van der Waals surface area contributed by atoms with Gasteiger partial charge in [0.1, 0.15) is 6.73 Å². The van der Waals surface area contributed by atoms with Crippen LogP contribution in [0.3, 0.4) is 0 Å². The number of nitrogens with one attached hydrogen (secondary N) is 1. The van der Waals surface area contributed by atoms with E-state index in [0.717, 1.165) is 31.1 Å². The second kappa shape index (κ2) is 20.2. The molecule has 0 aliphatic rings. The van der Waals surface area contributed by atoms with Crippen LogP contribution in [-0.2, 0) is 9.53 Å². The summed E-state index contributed by atoms with van der Waals surface area (Å²) < 4.78 is 5.93. The zero-order chi connectivity index (χ0) is 18.6. The summed E-state index contributed by atoms with van der Waals surface area (Å²) in [6.45, 7) is 13.9. The predicted molar refractivity (Wildman–Crippen MR) is 103 cm³/mol. The number of amides is 1. The predicted octanol–water partition coefficient (Wildman–Crippen LogP) is 4.67. The molecule has 24 heavy (non-hydrogen) atoms. The molecule has 1 amide bonds. The maximum atomic E-state index is 10.0. The van der Waals surface area contributed by atoms with E-state index in [9.17, 15) is 4.79 Å². The van der Waals surface area contributed by atoms with Crippen molar-refractivity contribution in [1.29, 1.82) is 0 Å². The van der Waals surface area contributed by atoms with Crippen molar-refractivity contribution in [2.45, 2.75) is 79.1 Å². The van der Waals surface area contributed by atoms with Crippen LogP contribution in [0.1, 0.15) is 79.1 Å². The molecule has 0 aromatic heterocycles. The lowest BCUT2D eigenvalue weighted by Gasteiger charge is -2.18. The van der Waals surface area contributed by atoms with Gasteiger partial charge in [-0.15, -0.1) is 0 Å². The molecule has 0 radical (unpaired) electrons. The Balaban J connectivity index is 0. The fourth-order valence-corrected chi connectivity index (χ4v) is 2.35. The molecule has 0 aromatic carbocycles. The Morgan fingerprint density at radius 3 is 1.75 bits per heavy atom. The van der Waals surface area contributed by atoms with Crippen LogP contribution >= 0.6 is 0 Å². The topological polar surface area (TPSA) is 58.6 Å². The molecule has 0 saturated heterocycles. The second-order valence-corrected chi connectivity index (χ2v) is 6.27. The monoisotopic (exact) mass is 343 g/mol. The van der Waals surface area contributed by atoms with E-state index in [0.29, 0.717) is 0 Å². The summed E-state index contributed by atoms with van der Waals surface area (Å²) in [6, 6.07) is 0. The van der Waals surface area contributed by atoms with Crippen LogP contribution in [0, 0.1) is 11.8 Å². The molecule has 2 atom stereocenters.